The molecule has 0 unspecified atom stereocenters. The van der Waals surface area contributed by atoms with E-state index in [1.807, 2.05) is 0 Å². The molecule has 3 heteroatoms. The first-order valence-corrected chi connectivity index (χ1v) is 3.32. The van der Waals surface area contributed by atoms with Crippen LogP contribution in [0.1, 0.15) is 33.6 Å². The van der Waals surface area contributed by atoms with Gasteiger partial charge < -0.3 is 5.73 Å². The lowest BCUT2D eigenvalue weighted by atomic mass is 9.98. The van der Waals surface area contributed by atoms with Crippen LogP contribution in [0.3, 0.4) is 0 Å². The molecule has 10 heavy (non-hydrogen) atoms. The predicted octanol–water partition coefficient (Wildman–Crippen LogP) is 0.940. The van der Waals surface area contributed by atoms with Gasteiger partial charge in [0.25, 0.3) is 0 Å². The molecule has 3 nitrogen and oxygen atoms in total. The molecular formula is C7H15NO2. The van der Waals surface area contributed by atoms with E-state index in [9.17, 15) is 0 Å². The largest absolute Gasteiger partial charge is 0.373 e. The normalized spacial score (nSPS) is 9.20. The van der Waals surface area contributed by atoms with E-state index in [2.05, 4.69) is 20.8 Å². The molecular weight excluding hydrogens is 130 g/mol. The Morgan fingerprint density at radius 2 is 1.50 bits per heavy atom. The van der Waals surface area contributed by atoms with Crippen LogP contribution in [0.25, 0.3) is 0 Å². The average Bonchev–Trinajstić information content (AvgIpc) is 1.90. The van der Waals surface area contributed by atoms with Crippen LogP contribution in [0.2, 0.25) is 0 Å². The zero-order chi connectivity index (χ0) is 8.62. The van der Waals surface area contributed by atoms with Crippen molar-refractivity contribution in [3.8, 4) is 0 Å². The zero-order valence-corrected chi connectivity index (χ0v) is 6.81. The van der Waals surface area contributed by atoms with Gasteiger partial charge in [-0.2, -0.15) is 9.59 Å². The second-order valence-electron chi connectivity index (χ2n) is 2.44. The van der Waals surface area contributed by atoms with Gasteiger partial charge in [0.05, 0.1) is 0 Å². The molecule has 0 radical (unpaired) electrons. The highest BCUT2D eigenvalue weighted by molar-refractivity contribution is 5.20. The third kappa shape index (κ3) is 10.3. The minimum absolute atomic E-state index is 0.0833. The summed E-state index contributed by atoms with van der Waals surface area (Å²) in [6.07, 6.45) is 2.40. The van der Waals surface area contributed by atoms with Crippen LogP contribution in [0.4, 0.5) is 0 Å². The summed E-state index contributed by atoms with van der Waals surface area (Å²) in [4.78, 5) is 16.2. The molecule has 0 aromatic carbocycles. The Bertz CT molecular complexity index is 98.2. The van der Waals surface area contributed by atoms with Crippen molar-refractivity contribution in [3.05, 3.63) is 0 Å². The number of hydrogen-bond donors (Lipinski definition) is 1. The average molecular weight is 145 g/mol. The van der Waals surface area contributed by atoms with Crippen molar-refractivity contribution < 1.29 is 9.59 Å². The molecule has 0 saturated heterocycles. The minimum Gasteiger partial charge on any atom is -0.325 e. The Kier molecular flexibility index (Phi) is 7.79. The predicted molar refractivity (Wildman–Crippen MR) is 38.2 cm³/mol. The van der Waals surface area contributed by atoms with Crippen LogP contribution in [-0.4, -0.2) is 11.7 Å². The highest BCUT2D eigenvalue weighted by Gasteiger charge is 2.10. The van der Waals surface area contributed by atoms with Gasteiger partial charge in [-0.3, -0.25) is 0 Å². The Morgan fingerprint density at radius 3 is 1.50 bits per heavy atom. The van der Waals surface area contributed by atoms with E-state index >= 15 is 0 Å². The van der Waals surface area contributed by atoms with E-state index in [0.29, 0.717) is 0 Å². The van der Waals surface area contributed by atoms with Crippen molar-refractivity contribution in [3.63, 3.8) is 0 Å². The Labute approximate surface area is 61.6 Å². The summed E-state index contributed by atoms with van der Waals surface area (Å²) in [7, 11) is 0. The van der Waals surface area contributed by atoms with Crippen molar-refractivity contribution in [2.24, 2.45) is 5.73 Å². The van der Waals surface area contributed by atoms with Gasteiger partial charge in [-0.1, -0.05) is 13.8 Å². The lowest BCUT2D eigenvalue weighted by Crippen LogP contribution is -2.33. The van der Waals surface area contributed by atoms with Gasteiger partial charge in [0.2, 0.25) is 0 Å². The summed E-state index contributed by atoms with van der Waals surface area (Å²) in [5.74, 6) is 0. The van der Waals surface area contributed by atoms with E-state index in [-0.39, 0.29) is 11.7 Å². The molecule has 0 atom stereocenters. The van der Waals surface area contributed by atoms with Crippen molar-refractivity contribution in [2.75, 3.05) is 0 Å². The summed E-state index contributed by atoms with van der Waals surface area (Å²) in [5.41, 5.74) is 5.80. The standard InChI is InChI=1S/C6H15N.CO2/c1-4-6(3,7)5-2;2-1-3/h4-5,7H2,1-3H3;. The zero-order valence-electron chi connectivity index (χ0n) is 6.81. The number of carbonyl (C=O) groups excluding carboxylic acids is 2. The van der Waals surface area contributed by atoms with Gasteiger partial charge in [-0.15, -0.1) is 0 Å². The SMILES string of the molecule is CCC(C)(N)CC.O=C=O. The molecule has 0 fully saturated rings. The topological polar surface area (TPSA) is 60.2 Å². The van der Waals surface area contributed by atoms with E-state index in [1.165, 1.54) is 0 Å². The molecule has 0 aliphatic heterocycles. The maximum Gasteiger partial charge on any atom is 0.373 e. The summed E-state index contributed by atoms with van der Waals surface area (Å²) in [6.45, 7) is 6.31. The molecule has 2 N–H and O–H groups in total. The first-order chi connectivity index (χ1) is 4.54. The van der Waals surface area contributed by atoms with Crippen LogP contribution in [-0.2, 0) is 9.59 Å². The molecule has 0 rings (SSSR count). The second-order valence-corrected chi connectivity index (χ2v) is 2.44. The summed E-state index contributed by atoms with van der Waals surface area (Å²) < 4.78 is 0. The molecule has 0 bridgehead atoms. The van der Waals surface area contributed by atoms with E-state index in [0.717, 1.165) is 12.8 Å². The van der Waals surface area contributed by atoms with Gasteiger partial charge >= 0.3 is 6.15 Å². The van der Waals surface area contributed by atoms with Gasteiger partial charge in [0.15, 0.2) is 0 Å². The van der Waals surface area contributed by atoms with E-state index < -0.39 is 0 Å². The first-order valence-electron chi connectivity index (χ1n) is 3.32. The molecule has 0 aromatic heterocycles. The fourth-order valence-corrected chi connectivity index (χ4v) is 0.250. The lowest BCUT2D eigenvalue weighted by molar-refractivity contribution is -0.191. The van der Waals surface area contributed by atoms with Gasteiger partial charge in [0, 0.05) is 5.54 Å². The number of hydrogen-bond acceptors (Lipinski definition) is 3. The van der Waals surface area contributed by atoms with E-state index in [1.54, 1.807) is 0 Å². The number of rotatable bonds is 2. The summed E-state index contributed by atoms with van der Waals surface area (Å²) in [5, 5.41) is 0. The van der Waals surface area contributed by atoms with Crippen molar-refractivity contribution in [2.45, 2.75) is 39.2 Å². The summed E-state index contributed by atoms with van der Waals surface area (Å²) >= 11 is 0. The quantitative estimate of drug-likeness (QED) is 0.629. The molecule has 60 valence electrons. The maximum absolute atomic E-state index is 8.12. The lowest BCUT2D eigenvalue weighted by Gasteiger charge is -2.18. The molecule has 0 amide bonds. The van der Waals surface area contributed by atoms with Gasteiger partial charge in [-0.05, 0) is 19.8 Å². The Morgan fingerprint density at radius 1 is 1.30 bits per heavy atom. The minimum atomic E-state index is 0.0833. The molecule has 0 aliphatic carbocycles. The number of nitrogens with two attached hydrogens (primary N) is 1. The van der Waals surface area contributed by atoms with Crippen LogP contribution in [0, 0.1) is 0 Å². The van der Waals surface area contributed by atoms with Crippen molar-refractivity contribution in [1.82, 2.24) is 0 Å². The fraction of sp³-hybridized carbons (Fsp3) is 0.857. The smallest absolute Gasteiger partial charge is 0.325 e. The third-order valence-electron chi connectivity index (χ3n) is 1.62. The van der Waals surface area contributed by atoms with Crippen LogP contribution in [0.5, 0.6) is 0 Å². The van der Waals surface area contributed by atoms with Crippen LogP contribution >= 0.6 is 0 Å². The Balaban J connectivity index is 0. The first kappa shape index (κ1) is 12.1. The fourth-order valence-electron chi connectivity index (χ4n) is 0.250. The molecule has 0 heterocycles. The van der Waals surface area contributed by atoms with Crippen molar-refractivity contribution >= 4 is 6.15 Å². The van der Waals surface area contributed by atoms with E-state index in [4.69, 9.17) is 15.3 Å². The molecule has 0 aliphatic rings. The maximum atomic E-state index is 8.12. The van der Waals surface area contributed by atoms with Crippen LogP contribution < -0.4 is 5.73 Å². The highest BCUT2D eigenvalue weighted by Crippen LogP contribution is 2.07. The monoisotopic (exact) mass is 145 g/mol. The third-order valence-corrected chi connectivity index (χ3v) is 1.62. The van der Waals surface area contributed by atoms with Gasteiger partial charge in [-0.25, -0.2) is 0 Å². The Hall–Kier alpha value is -0.660. The van der Waals surface area contributed by atoms with Crippen LogP contribution in [0.15, 0.2) is 0 Å². The second kappa shape index (κ2) is 6.46. The van der Waals surface area contributed by atoms with Gasteiger partial charge in [0.1, 0.15) is 0 Å². The highest BCUT2D eigenvalue weighted by atomic mass is 16.2. The molecule has 0 aromatic rings. The van der Waals surface area contributed by atoms with Crippen molar-refractivity contribution in [1.29, 1.82) is 0 Å². The molecule has 0 spiro atoms. The summed E-state index contributed by atoms with van der Waals surface area (Å²) in [6, 6.07) is 0. The molecule has 0 saturated carbocycles.